The molecule has 92 valence electrons. The van der Waals surface area contributed by atoms with Crippen LogP contribution in [0.3, 0.4) is 0 Å². The molecule has 1 atom stereocenters. The molecule has 0 aliphatic heterocycles. The standard InChI is InChI=1S/C16H22S/c1-13(2)10-11-16(12-14(3)4)17-15-8-6-5-7-9-15/h5-9,16H,1,3,10-12H2,2,4H3. The van der Waals surface area contributed by atoms with Gasteiger partial charge in [-0.25, -0.2) is 0 Å². The van der Waals surface area contributed by atoms with E-state index in [1.165, 1.54) is 22.5 Å². The van der Waals surface area contributed by atoms with Crippen LogP contribution in [0.2, 0.25) is 0 Å². The number of rotatable bonds is 7. The molecule has 0 bridgehead atoms. The summed E-state index contributed by atoms with van der Waals surface area (Å²) in [5.41, 5.74) is 2.53. The molecule has 0 amide bonds. The zero-order chi connectivity index (χ0) is 12.7. The second-order valence-electron chi connectivity index (χ2n) is 4.71. The minimum atomic E-state index is 0.617. The van der Waals surface area contributed by atoms with Crippen molar-refractivity contribution in [2.75, 3.05) is 0 Å². The first-order chi connectivity index (χ1) is 8.08. The molecular formula is C16H22S. The summed E-state index contributed by atoms with van der Waals surface area (Å²) in [7, 11) is 0. The van der Waals surface area contributed by atoms with Crippen molar-refractivity contribution in [3.05, 3.63) is 54.6 Å². The van der Waals surface area contributed by atoms with E-state index in [4.69, 9.17) is 0 Å². The van der Waals surface area contributed by atoms with Crippen molar-refractivity contribution in [3.63, 3.8) is 0 Å². The highest BCUT2D eigenvalue weighted by Gasteiger charge is 2.10. The Kier molecular flexibility index (Phi) is 6.13. The lowest BCUT2D eigenvalue weighted by molar-refractivity contribution is 0.745. The van der Waals surface area contributed by atoms with Crippen LogP contribution in [0.25, 0.3) is 0 Å². The Morgan fingerprint density at radius 1 is 1.12 bits per heavy atom. The van der Waals surface area contributed by atoms with Gasteiger partial charge in [0.05, 0.1) is 0 Å². The Morgan fingerprint density at radius 2 is 1.76 bits per heavy atom. The lowest BCUT2D eigenvalue weighted by Gasteiger charge is -2.16. The number of allylic oxidation sites excluding steroid dienone is 2. The molecule has 0 aliphatic rings. The van der Waals surface area contributed by atoms with Gasteiger partial charge in [-0.15, -0.1) is 24.9 Å². The quantitative estimate of drug-likeness (QED) is 0.454. The Labute approximate surface area is 110 Å². The second kappa shape index (κ2) is 7.39. The minimum absolute atomic E-state index is 0.617. The van der Waals surface area contributed by atoms with E-state index in [-0.39, 0.29) is 0 Å². The maximum Gasteiger partial charge on any atom is 0.0134 e. The van der Waals surface area contributed by atoms with E-state index < -0.39 is 0 Å². The molecule has 1 unspecified atom stereocenters. The summed E-state index contributed by atoms with van der Waals surface area (Å²) in [5, 5.41) is 0.617. The monoisotopic (exact) mass is 246 g/mol. The SMILES string of the molecule is C=C(C)CCC(CC(=C)C)Sc1ccccc1. The molecule has 0 N–H and O–H groups in total. The normalized spacial score (nSPS) is 12.1. The molecule has 1 aromatic rings. The van der Waals surface area contributed by atoms with E-state index >= 15 is 0 Å². The van der Waals surface area contributed by atoms with Crippen LogP contribution in [0.15, 0.2) is 59.5 Å². The van der Waals surface area contributed by atoms with Crippen LogP contribution < -0.4 is 0 Å². The van der Waals surface area contributed by atoms with Crippen LogP contribution in [0, 0.1) is 0 Å². The van der Waals surface area contributed by atoms with Crippen molar-refractivity contribution in [2.45, 2.75) is 43.3 Å². The molecule has 0 spiro atoms. The predicted molar refractivity (Wildman–Crippen MR) is 79.6 cm³/mol. The fourth-order valence-corrected chi connectivity index (χ4v) is 2.99. The molecule has 0 radical (unpaired) electrons. The van der Waals surface area contributed by atoms with E-state index in [2.05, 4.69) is 57.3 Å². The van der Waals surface area contributed by atoms with Crippen LogP contribution in [0.1, 0.15) is 33.1 Å². The zero-order valence-corrected chi connectivity index (χ0v) is 11.7. The molecule has 0 aliphatic carbocycles. The van der Waals surface area contributed by atoms with Crippen molar-refractivity contribution in [2.24, 2.45) is 0 Å². The van der Waals surface area contributed by atoms with Crippen molar-refractivity contribution >= 4 is 11.8 Å². The van der Waals surface area contributed by atoms with Gasteiger partial charge in [-0.3, -0.25) is 0 Å². The highest BCUT2D eigenvalue weighted by Crippen LogP contribution is 2.30. The molecule has 1 heteroatoms. The van der Waals surface area contributed by atoms with Crippen molar-refractivity contribution < 1.29 is 0 Å². The zero-order valence-electron chi connectivity index (χ0n) is 10.9. The third-order valence-corrected chi connectivity index (χ3v) is 3.80. The first kappa shape index (κ1) is 14.1. The van der Waals surface area contributed by atoms with E-state index in [9.17, 15) is 0 Å². The average molecular weight is 246 g/mol. The van der Waals surface area contributed by atoms with Gasteiger partial charge < -0.3 is 0 Å². The Balaban J connectivity index is 2.56. The molecule has 0 saturated heterocycles. The molecule has 0 aromatic heterocycles. The molecule has 0 saturated carbocycles. The third-order valence-electron chi connectivity index (χ3n) is 2.52. The van der Waals surface area contributed by atoms with Crippen LogP contribution in [-0.2, 0) is 0 Å². The molecule has 1 rings (SSSR count). The smallest absolute Gasteiger partial charge is 0.0134 e. The van der Waals surface area contributed by atoms with Gasteiger partial charge in [0.1, 0.15) is 0 Å². The number of hydrogen-bond acceptors (Lipinski definition) is 1. The Bertz CT molecular complexity index is 364. The van der Waals surface area contributed by atoms with E-state index in [1.807, 2.05) is 11.8 Å². The maximum absolute atomic E-state index is 4.03. The summed E-state index contributed by atoms with van der Waals surface area (Å²) in [5.74, 6) is 0. The molecule has 1 aromatic carbocycles. The summed E-state index contributed by atoms with van der Waals surface area (Å²) >= 11 is 1.96. The van der Waals surface area contributed by atoms with Crippen molar-refractivity contribution in [1.82, 2.24) is 0 Å². The highest BCUT2D eigenvalue weighted by molar-refractivity contribution is 8.00. The van der Waals surface area contributed by atoms with Gasteiger partial charge in [-0.1, -0.05) is 29.3 Å². The Hall–Kier alpha value is -0.950. The summed E-state index contributed by atoms with van der Waals surface area (Å²) in [4.78, 5) is 1.35. The summed E-state index contributed by atoms with van der Waals surface area (Å²) in [6.07, 6.45) is 3.38. The number of thioether (sulfide) groups is 1. The fraction of sp³-hybridized carbons (Fsp3) is 0.375. The van der Waals surface area contributed by atoms with Gasteiger partial charge >= 0.3 is 0 Å². The Morgan fingerprint density at radius 3 is 2.29 bits per heavy atom. The van der Waals surface area contributed by atoms with Crippen molar-refractivity contribution in [1.29, 1.82) is 0 Å². The molecule has 0 fully saturated rings. The van der Waals surface area contributed by atoms with Gasteiger partial charge in [0.25, 0.3) is 0 Å². The first-order valence-corrected chi connectivity index (χ1v) is 6.96. The number of benzene rings is 1. The van der Waals surface area contributed by atoms with Crippen LogP contribution >= 0.6 is 11.8 Å². The lowest BCUT2D eigenvalue weighted by Crippen LogP contribution is -2.03. The molecule has 0 nitrogen and oxygen atoms in total. The highest BCUT2D eigenvalue weighted by atomic mass is 32.2. The molecule has 0 heterocycles. The second-order valence-corrected chi connectivity index (χ2v) is 6.08. The van der Waals surface area contributed by atoms with Crippen LogP contribution in [-0.4, -0.2) is 5.25 Å². The van der Waals surface area contributed by atoms with E-state index in [1.54, 1.807) is 0 Å². The predicted octanol–water partition coefficient (Wildman–Crippen LogP) is 5.47. The first-order valence-electron chi connectivity index (χ1n) is 6.08. The maximum atomic E-state index is 4.03. The average Bonchev–Trinajstić information content (AvgIpc) is 2.26. The van der Waals surface area contributed by atoms with Gasteiger partial charge in [0.2, 0.25) is 0 Å². The van der Waals surface area contributed by atoms with Gasteiger partial charge in [-0.05, 0) is 45.2 Å². The van der Waals surface area contributed by atoms with Gasteiger partial charge in [-0.2, -0.15) is 0 Å². The summed E-state index contributed by atoms with van der Waals surface area (Å²) in [6.45, 7) is 12.2. The summed E-state index contributed by atoms with van der Waals surface area (Å²) in [6, 6.07) is 10.6. The third kappa shape index (κ3) is 6.38. The van der Waals surface area contributed by atoms with Gasteiger partial charge in [0.15, 0.2) is 0 Å². The molecular weight excluding hydrogens is 224 g/mol. The van der Waals surface area contributed by atoms with E-state index in [0.29, 0.717) is 5.25 Å². The van der Waals surface area contributed by atoms with Gasteiger partial charge in [0, 0.05) is 10.1 Å². The van der Waals surface area contributed by atoms with Crippen LogP contribution in [0.5, 0.6) is 0 Å². The van der Waals surface area contributed by atoms with Crippen LogP contribution in [0.4, 0.5) is 0 Å². The fourth-order valence-electron chi connectivity index (χ4n) is 1.69. The topological polar surface area (TPSA) is 0 Å². The largest absolute Gasteiger partial charge is 0.122 e. The van der Waals surface area contributed by atoms with Crippen molar-refractivity contribution in [3.8, 4) is 0 Å². The molecule has 17 heavy (non-hydrogen) atoms. The van der Waals surface area contributed by atoms with E-state index in [0.717, 1.165) is 12.8 Å². The number of hydrogen-bond donors (Lipinski definition) is 0. The summed E-state index contributed by atoms with van der Waals surface area (Å²) < 4.78 is 0. The minimum Gasteiger partial charge on any atom is -0.122 e. The lowest BCUT2D eigenvalue weighted by atomic mass is 10.1.